The Hall–Kier alpha value is -10.6. The first-order chi connectivity index (χ1) is 54.1. The number of likely N-dealkylation sites (N-methyl/N-ethyl adjacent to an activating group) is 2. The molecule has 2 unspecified atom stereocenters. The number of aromatic nitrogens is 1. The van der Waals surface area contributed by atoms with Gasteiger partial charge >= 0.3 is 29.8 Å². The Morgan fingerprint density at radius 2 is 1.41 bits per heavy atom. The smallest absolute Gasteiger partial charge is 0.327 e. The molecule has 1 aromatic heterocycles. The van der Waals surface area contributed by atoms with Crippen LogP contribution in [0.3, 0.4) is 0 Å². The van der Waals surface area contributed by atoms with Crippen LogP contribution in [0.25, 0.3) is 10.9 Å². The second-order valence-corrected chi connectivity index (χ2v) is 31.8. The topological polar surface area (TPSA) is 543 Å². The number of aliphatic imine (C=N–C) groups is 1. The molecule has 16 atom stereocenters. The summed E-state index contributed by atoms with van der Waals surface area (Å²) in [7, 11) is 5.95. The number of carbonyl (C=O) groups excluding carboxylic acids is 8. The van der Waals surface area contributed by atoms with Crippen LogP contribution in [0.5, 0.6) is 5.75 Å². The highest BCUT2D eigenvalue weighted by Crippen LogP contribution is 2.68. The first kappa shape index (κ1) is 84.3. The van der Waals surface area contributed by atoms with Crippen LogP contribution >= 0.6 is 11.8 Å². The number of thioether (sulfide) groups is 1. The Kier molecular flexibility index (Phi) is 25.0. The van der Waals surface area contributed by atoms with Crippen molar-refractivity contribution in [3.63, 3.8) is 0 Å². The molecule has 614 valence electrons. The van der Waals surface area contributed by atoms with Gasteiger partial charge in [-0.05, 0) is 119 Å². The number of methoxy groups -OCH3 is 2. The van der Waals surface area contributed by atoms with E-state index in [1.54, 1.807) is 14.0 Å². The van der Waals surface area contributed by atoms with Gasteiger partial charge in [0.25, 0.3) is 5.91 Å². The standard InChI is InChI=1S/C77H99N15O21S/c1-8-73(110)34-40-35-76(71(109)113-7,60-44(21-26-90(36-40)38-73)43-14-10-11-15-47(43)82-60)46-28-45-53(32-54(46)112-6)89(5)68-75(45)23-27-91-25-13-22-74(9-2,67(75)91)69(107)77(68,111)70(108)88-87-39(3)41-17-19-42(20-18-41)92-56(93)33-55(65(92)104)114-37-52(66(105)106)86-64(103)51(31-59(98)99)85-63(102)50(30-58(96)97)84-61(100)48(16-12-24-81-72(78)79)83-62(101)49(80-4)29-57(94)95/h10-11,13-15,17-20,22,28,32,40,48-52,55,67-69,80,82,107,110-111H,8-9,12,16,21,23-27,29-31,33-38H2,1-7H3,(H,83,101)(H,84,100)(H,85,102)(H,86,103)(H,88,108)(H,94,95)(H,96,97)(H,98,99)(H,105,106)(H4,78,79,81)/b87-39+/t40-,48+,49+,50+,51+,52+,55?,67+,68-,69-,73+,74-,75-,76+,77+/m1/s1. The third-order valence-corrected chi connectivity index (χ3v) is 25.2. The molecule has 36 nitrogen and oxygen atoms in total. The number of ether oxygens (including phenoxy) is 2. The zero-order valence-electron chi connectivity index (χ0n) is 64.2. The number of hydrogen-bond acceptors (Lipinski definition) is 24. The molecular weight excluding hydrogens is 1500 g/mol. The van der Waals surface area contributed by atoms with Crippen molar-refractivity contribution in [3.05, 3.63) is 101 Å². The van der Waals surface area contributed by atoms with Crippen molar-refractivity contribution in [1.29, 1.82) is 0 Å². The van der Waals surface area contributed by atoms with E-state index >= 15 is 9.59 Å². The van der Waals surface area contributed by atoms with Crippen LogP contribution in [-0.4, -0.2) is 272 Å². The number of fused-ring (bicyclic) bond motifs is 6. The Balaban J connectivity index is 0.806. The van der Waals surface area contributed by atoms with Crippen LogP contribution in [-0.2, 0) is 79.5 Å². The molecule has 7 aliphatic rings. The van der Waals surface area contributed by atoms with Crippen LogP contribution < -0.4 is 58.0 Å². The lowest BCUT2D eigenvalue weighted by molar-refractivity contribution is -0.203. The molecule has 114 heavy (non-hydrogen) atoms. The molecule has 3 saturated heterocycles. The summed E-state index contributed by atoms with van der Waals surface area (Å²) in [6.45, 7) is 8.10. The first-order valence-electron chi connectivity index (χ1n) is 37.8. The maximum Gasteiger partial charge on any atom is 0.327 e. The number of anilines is 2. The van der Waals surface area contributed by atoms with Crippen molar-refractivity contribution in [2.75, 3.05) is 83.1 Å². The molecule has 0 radical (unpaired) electrons. The number of aliphatic hydroxyl groups is 3. The van der Waals surface area contributed by atoms with Crippen LogP contribution in [0.1, 0.15) is 119 Å². The summed E-state index contributed by atoms with van der Waals surface area (Å²) >= 11 is 0.661. The average molecular weight is 1600 g/mol. The molecule has 1 spiro atoms. The summed E-state index contributed by atoms with van der Waals surface area (Å²) in [6.07, 6.45) is 0.685. The SMILES string of the molecule is CC[C@]1(O)C[C@H]2CN(CCc3c([nH]c4ccccc34)[C@@](C(=O)OC)(c3cc4c(cc3OC)N(C)[C@H]3[C@@](O)(C(=O)N/N=C(\C)c5ccc(N6C(=O)CC(SC[C@H](NC(=O)[C@H](CC(=O)O)NC(=O)[C@H](CC(=O)O)NC(=O)[C@H](CCCN=C(N)N)NC(=O)[C@H](CC(=O)O)NC)C(=O)O)C6=O)cc5)[C@H](O)[C@]5(CC)C=CCN6CC[C@]43[C@@H]65)C2)C1. The predicted octanol–water partition coefficient (Wildman–Crippen LogP) is -0.758. The number of H-pyrrole nitrogens is 1. The summed E-state index contributed by atoms with van der Waals surface area (Å²) in [5, 5.41) is 93.8. The number of nitrogens with one attached hydrogen (secondary N) is 7. The maximum absolute atomic E-state index is 15.7. The number of carboxylic acids is 4. The normalized spacial score (nSPS) is 27.4. The average Bonchev–Trinajstić information content (AvgIpc) is 1.48. The van der Waals surface area contributed by atoms with Gasteiger partial charge in [-0.2, -0.15) is 5.10 Å². The number of carbonyl (C=O) groups is 12. The fourth-order valence-corrected chi connectivity index (χ4v) is 19.9. The predicted molar refractivity (Wildman–Crippen MR) is 414 cm³/mol. The number of nitrogens with zero attached hydrogens (tertiary/aromatic N) is 6. The third kappa shape index (κ3) is 15.8. The van der Waals surface area contributed by atoms with E-state index in [0.717, 1.165) is 26.9 Å². The third-order valence-electron chi connectivity index (χ3n) is 23.9. The zero-order valence-corrected chi connectivity index (χ0v) is 65.0. The summed E-state index contributed by atoms with van der Waals surface area (Å²) in [6, 6.07) is 6.93. The fraction of sp³-hybridized carbons (Fsp3) is 0.532. The molecule has 7 heterocycles. The molecule has 4 fully saturated rings. The Morgan fingerprint density at radius 3 is 2.03 bits per heavy atom. The van der Waals surface area contributed by atoms with Crippen LogP contribution in [0.15, 0.2) is 82.9 Å². The zero-order chi connectivity index (χ0) is 82.8. The quantitative estimate of drug-likeness (QED) is 0.00543. The van der Waals surface area contributed by atoms with Gasteiger partial charge in [-0.15, -0.1) is 11.8 Å². The number of nitrogens with two attached hydrogens (primary N) is 2. The number of hydrogen-bond donors (Lipinski definition) is 16. The van der Waals surface area contributed by atoms with Gasteiger partial charge in [-0.3, -0.25) is 67.5 Å². The van der Waals surface area contributed by atoms with Gasteiger partial charge in [0.05, 0.1) is 67.8 Å². The number of imide groups is 1. The molecule has 3 aromatic carbocycles. The molecule has 4 aromatic rings. The lowest BCUT2D eigenvalue weighted by Crippen LogP contribution is -2.81. The number of piperidine rings is 1. The van der Waals surface area contributed by atoms with E-state index in [0.29, 0.717) is 98.4 Å². The largest absolute Gasteiger partial charge is 0.496 e. The number of para-hydroxylation sites is 1. The monoisotopic (exact) mass is 1600 g/mol. The molecule has 11 rings (SSSR count). The molecule has 1 saturated carbocycles. The van der Waals surface area contributed by atoms with Gasteiger partial charge in [0, 0.05) is 103 Å². The summed E-state index contributed by atoms with van der Waals surface area (Å²) in [5.74, 6) is -15.3. The van der Waals surface area contributed by atoms with Crippen molar-refractivity contribution in [3.8, 4) is 5.75 Å². The number of guanidine groups is 1. The second kappa shape index (κ2) is 33.9. The fourth-order valence-electron chi connectivity index (χ4n) is 18.7. The molecular formula is C77H99N15O21S. The minimum atomic E-state index is -2.63. The highest BCUT2D eigenvalue weighted by atomic mass is 32.2. The van der Waals surface area contributed by atoms with Crippen molar-refractivity contribution in [1.82, 2.24) is 46.8 Å². The van der Waals surface area contributed by atoms with Crippen LogP contribution in [0, 0.1) is 11.3 Å². The molecule has 18 N–H and O–H groups in total. The number of esters is 1. The number of rotatable bonds is 32. The lowest BCUT2D eigenvalue weighted by atomic mass is 9.47. The molecule has 2 bridgehead atoms. The van der Waals surface area contributed by atoms with E-state index in [1.165, 1.54) is 45.5 Å². The molecule has 6 aliphatic heterocycles. The van der Waals surface area contributed by atoms with Crippen molar-refractivity contribution < 1.29 is 103 Å². The van der Waals surface area contributed by atoms with Crippen LogP contribution in [0.2, 0.25) is 0 Å². The summed E-state index contributed by atoms with van der Waals surface area (Å²) in [5.41, 5.74) is 10.6. The van der Waals surface area contributed by atoms with Crippen molar-refractivity contribution in [2.45, 2.75) is 173 Å². The van der Waals surface area contributed by atoms with Gasteiger partial charge in [0.15, 0.2) is 11.6 Å². The minimum Gasteiger partial charge on any atom is -0.496 e. The summed E-state index contributed by atoms with van der Waals surface area (Å²) < 4.78 is 12.5. The minimum absolute atomic E-state index is 0.00624. The number of aliphatic carboxylic acids is 4. The number of aromatic amines is 1. The van der Waals surface area contributed by atoms with E-state index in [4.69, 9.17) is 20.9 Å². The van der Waals surface area contributed by atoms with E-state index in [1.807, 2.05) is 72.6 Å². The number of aliphatic hydroxyl groups excluding tert-OH is 1. The van der Waals surface area contributed by atoms with Crippen molar-refractivity contribution >= 4 is 117 Å². The molecule has 37 heteroatoms. The number of amides is 7. The highest BCUT2D eigenvalue weighted by Gasteiger charge is 2.79. The maximum atomic E-state index is 15.7. The van der Waals surface area contributed by atoms with Gasteiger partial charge < -0.3 is 93.2 Å². The van der Waals surface area contributed by atoms with Crippen LogP contribution in [0.4, 0.5) is 11.4 Å². The van der Waals surface area contributed by atoms with Gasteiger partial charge in [0.2, 0.25) is 35.4 Å². The summed E-state index contributed by atoms with van der Waals surface area (Å²) in [4.78, 5) is 177. The molecule has 7 amide bonds. The van der Waals surface area contributed by atoms with E-state index in [-0.39, 0.29) is 55.5 Å². The van der Waals surface area contributed by atoms with Gasteiger partial charge in [-0.1, -0.05) is 56.3 Å². The van der Waals surface area contributed by atoms with Gasteiger partial charge in [-0.25, -0.2) is 15.1 Å². The van der Waals surface area contributed by atoms with Gasteiger partial charge in [0.1, 0.15) is 41.4 Å². The van der Waals surface area contributed by atoms with E-state index in [9.17, 15) is 83.7 Å². The number of carboxylic acid groups (broad SMARTS) is 4. The Bertz CT molecular complexity index is 4570. The van der Waals surface area contributed by atoms with Crippen molar-refractivity contribution in [2.24, 2.45) is 32.9 Å². The highest BCUT2D eigenvalue weighted by molar-refractivity contribution is 8.00. The van der Waals surface area contributed by atoms with E-state index < -0.39 is 184 Å². The Morgan fingerprint density at radius 1 is 0.781 bits per heavy atom. The number of benzene rings is 3. The first-order valence-corrected chi connectivity index (χ1v) is 38.8. The lowest BCUT2D eigenvalue weighted by Gasteiger charge is -2.63. The molecule has 1 aliphatic carbocycles. The van der Waals surface area contributed by atoms with E-state index in [2.05, 4.69) is 51.6 Å². The number of hydrazone groups is 1. The second-order valence-electron chi connectivity index (χ2n) is 30.6. The Labute approximate surface area is 659 Å².